The van der Waals surface area contributed by atoms with Gasteiger partial charge in [-0.1, -0.05) is 12.5 Å². The highest BCUT2D eigenvalue weighted by molar-refractivity contribution is 7.92. The number of sulfone groups is 1. The molecule has 108 valence electrons. The van der Waals surface area contributed by atoms with Crippen LogP contribution in [-0.2, 0) is 9.84 Å². The topological polar surface area (TPSA) is 103 Å². The normalized spacial score (nSPS) is 23.8. The maximum Gasteiger partial charge on any atom is 0.323 e. The molecule has 6 nitrogen and oxygen atoms in total. The molecule has 0 amide bonds. The number of aromatic nitrogens is 2. The third-order valence-electron chi connectivity index (χ3n) is 3.86. The zero-order valence-corrected chi connectivity index (χ0v) is 11.6. The van der Waals surface area contributed by atoms with Gasteiger partial charge in [0, 0.05) is 0 Å². The zero-order valence-electron chi connectivity index (χ0n) is 10.8. The van der Waals surface area contributed by atoms with Gasteiger partial charge in [-0.3, -0.25) is 0 Å². The van der Waals surface area contributed by atoms with Crippen LogP contribution >= 0.6 is 0 Å². The van der Waals surface area contributed by atoms with E-state index in [4.69, 9.17) is 0 Å². The number of imidazole rings is 1. The number of rotatable bonds is 2. The average Bonchev–Trinajstić information content (AvgIpc) is 2.76. The molecule has 0 aliphatic carbocycles. The summed E-state index contributed by atoms with van der Waals surface area (Å²) in [6.45, 7) is 0. The maximum absolute atomic E-state index is 12.0. The SMILES string of the molecule is O=c1[nH]c2ccc(C(O)C3CCCCS3(=O)=O)cc2[nH]1. The Morgan fingerprint density at radius 2 is 1.95 bits per heavy atom. The summed E-state index contributed by atoms with van der Waals surface area (Å²) in [6, 6.07) is 4.95. The number of nitrogens with one attached hydrogen (secondary N) is 2. The standard InChI is InChI=1S/C13H16N2O4S/c16-12(11-3-1-2-6-20(11,18)19)8-4-5-9-10(7-8)15-13(17)14-9/h4-5,7,11-12,16H,1-3,6H2,(H2,14,15,17). The lowest BCUT2D eigenvalue weighted by Gasteiger charge is -2.26. The van der Waals surface area contributed by atoms with Gasteiger partial charge in [0.2, 0.25) is 0 Å². The van der Waals surface area contributed by atoms with Crippen molar-refractivity contribution in [2.45, 2.75) is 30.6 Å². The largest absolute Gasteiger partial charge is 0.387 e. The number of aliphatic hydroxyl groups excluding tert-OH is 1. The number of fused-ring (bicyclic) bond motifs is 1. The highest BCUT2D eigenvalue weighted by Crippen LogP contribution is 2.31. The number of benzene rings is 1. The Morgan fingerprint density at radius 1 is 1.20 bits per heavy atom. The van der Waals surface area contributed by atoms with Crippen molar-refractivity contribution in [3.05, 3.63) is 34.2 Å². The van der Waals surface area contributed by atoms with Crippen molar-refractivity contribution in [3.63, 3.8) is 0 Å². The molecule has 7 heteroatoms. The summed E-state index contributed by atoms with van der Waals surface area (Å²) in [6.07, 6.45) is 0.897. The van der Waals surface area contributed by atoms with Crippen LogP contribution < -0.4 is 5.69 Å². The molecule has 2 unspecified atom stereocenters. The van der Waals surface area contributed by atoms with E-state index < -0.39 is 21.2 Å². The predicted octanol–water partition coefficient (Wildman–Crippen LogP) is 0.857. The van der Waals surface area contributed by atoms with E-state index in [0.29, 0.717) is 29.4 Å². The van der Waals surface area contributed by atoms with Gasteiger partial charge in [0.1, 0.15) is 0 Å². The summed E-state index contributed by atoms with van der Waals surface area (Å²) in [4.78, 5) is 16.4. The van der Waals surface area contributed by atoms with Gasteiger partial charge in [-0.2, -0.15) is 0 Å². The molecule has 3 N–H and O–H groups in total. The van der Waals surface area contributed by atoms with Crippen molar-refractivity contribution in [3.8, 4) is 0 Å². The number of aliphatic hydroxyl groups is 1. The molecular formula is C13H16N2O4S. The van der Waals surface area contributed by atoms with Crippen LogP contribution in [0.25, 0.3) is 11.0 Å². The Morgan fingerprint density at radius 3 is 2.70 bits per heavy atom. The van der Waals surface area contributed by atoms with Crippen LogP contribution in [-0.4, -0.2) is 34.5 Å². The van der Waals surface area contributed by atoms with Crippen LogP contribution in [0.4, 0.5) is 0 Å². The summed E-state index contributed by atoms with van der Waals surface area (Å²) >= 11 is 0. The molecular weight excluding hydrogens is 280 g/mol. The van der Waals surface area contributed by atoms with Gasteiger partial charge in [-0.15, -0.1) is 0 Å². The number of aromatic amines is 2. The quantitative estimate of drug-likeness (QED) is 0.764. The Kier molecular flexibility index (Phi) is 3.18. The van der Waals surface area contributed by atoms with Gasteiger partial charge in [-0.25, -0.2) is 13.2 Å². The van der Waals surface area contributed by atoms with E-state index in [1.807, 2.05) is 0 Å². The Hall–Kier alpha value is -1.60. The highest BCUT2D eigenvalue weighted by atomic mass is 32.2. The lowest BCUT2D eigenvalue weighted by Crippen LogP contribution is -2.33. The van der Waals surface area contributed by atoms with Gasteiger partial charge in [0.15, 0.2) is 9.84 Å². The van der Waals surface area contributed by atoms with Crippen molar-refractivity contribution in [2.24, 2.45) is 0 Å². The van der Waals surface area contributed by atoms with Crippen LogP contribution in [0.3, 0.4) is 0 Å². The second kappa shape index (κ2) is 4.75. The van der Waals surface area contributed by atoms with E-state index in [0.717, 1.165) is 6.42 Å². The van der Waals surface area contributed by atoms with Crippen LogP contribution in [0.2, 0.25) is 0 Å². The molecule has 1 saturated heterocycles. The molecule has 1 aliphatic heterocycles. The first-order valence-corrected chi connectivity index (χ1v) is 8.30. The summed E-state index contributed by atoms with van der Waals surface area (Å²) in [5, 5.41) is 9.62. The number of H-pyrrole nitrogens is 2. The van der Waals surface area contributed by atoms with Crippen molar-refractivity contribution in [2.75, 3.05) is 5.75 Å². The minimum absolute atomic E-state index is 0.137. The maximum atomic E-state index is 12.0. The van der Waals surface area contributed by atoms with Crippen LogP contribution in [0.15, 0.2) is 23.0 Å². The molecule has 0 saturated carbocycles. The molecule has 1 aromatic heterocycles. The van der Waals surface area contributed by atoms with Gasteiger partial charge in [0.05, 0.1) is 28.1 Å². The smallest absolute Gasteiger partial charge is 0.323 e. The van der Waals surface area contributed by atoms with Crippen LogP contribution in [0, 0.1) is 0 Å². The fraction of sp³-hybridized carbons (Fsp3) is 0.462. The lowest BCUT2D eigenvalue weighted by molar-refractivity contribution is 0.164. The molecule has 2 heterocycles. The van der Waals surface area contributed by atoms with Crippen molar-refractivity contribution in [1.82, 2.24) is 9.97 Å². The molecule has 1 fully saturated rings. The Bertz CT molecular complexity index is 790. The monoisotopic (exact) mass is 296 g/mol. The lowest BCUT2D eigenvalue weighted by atomic mass is 10.0. The fourth-order valence-corrected chi connectivity index (χ4v) is 4.77. The van der Waals surface area contributed by atoms with Gasteiger partial charge in [-0.05, 0) is 30.5 Å². The second-order valence-corrected chi connectivity index (χ2v) is 7.57. The van der Waals surface area contributed by atoms with Gasteiger partial charge < -0.3 is 15.1 Å². The van der Waals surface area contributed by atoms with Gasteiger partial charge in [0.25, 0.3) is 0 Å². The van der Waals surface area contributed by atoms with Crippen molar-refractivity contribution in [1.29, 1.82) is 0 Å². The van der Waals surface area contributed by atoms with Crippen molar-refractivity contribution < 1.29 is 13.5 Å². The van der Waals surface area contributed by atoms with E-state index in [2.05, 4.69) is 9.97 Å². The average molecular weight is 296 g/mol. The molecule has 0 bridgehead atoms. The van der Waals surface area contributed by atoms with Crippen LogP contribution in [0.5, 0.6) is 0 Å². The first-order chi connectivity index (χ1) is 9.47. The second-order valence-electron chi connectivity index (χ2n) is 5.23. The molecule has 0 radical (unpaired) electrons. The highest BCUT2D eigenvalue weighted by Gasteiger charge is 2.35. The minimum atomic E-state index is -3.25. The summed E-state index contributed by atoms with van der Waals surface area (Å²) in [5.41, 5.74) is 1.40. The third kappa shape index (κ3) is 2.27. The van der Waals surface area contributed by atoms with E-state index in [1.54, 1.807) is 18.2 Å². The van der Waals surface area contributed by atoms with Gasteiger partial charge >= 0.3 is 5.69 Å². The van der Waals surface area contributed by atoms with E-state index in [-0.39, 0.29) is 11.4 Å². The molecule has 1 aliphatic rings. The third-order valence-corrected chi connectivity index (χ3v) is 6.14. The number of hydrogen-bond acceptors (Lipinski definition) is 4. The Balaban J connectivity index is 1.99. The van der Waals surface area contributed by atoms with E-state index >= 15 is 0 Å². The predicted molar refractivity (Wildman–Crippen MR) is 75.3 cm³/mol. The summed E-state index contributed by atoms with van der Waals surface area (Å²) in [5.74, 6) is 0.137. The summed E-state index contributed by atoms with van der Waals surface area (Å²) in [7, 11) is -3.25. The molecule has 3 rings (SSSR count). The van der Waals surface area contributed by atoms with E-state index in [9.17, 15) is 18.3 Å². The fourth-order valence-electron chi connectivity index (χ4n) is 2.78. The molecule has 1 aromatic carbocycles. The first kappa shape index (κ1) is 13.4. The van der Waals surface area contributed by atoms with Crippen molar-refractivity contribution >= 4 is 20.9 Å². The first-order valence-electron chi connectivity index (χ1n) is 6.59. The molecule has 0 spiro atoms. The zero-order chi connectivity index (χ0) is 14.3. The number of hydrogen-bond donors (Lipinski definition) is 3. The summed E-state index contributed by atoms with van der Waals surface area (Å²) < 4.78 is 24.1. The minimum Gasteiger partial charge on any atom is -0.387 e. The van der Waals surface area contributed by atoms with Crippen LogP contribution in [0.1, 0.15) is 30.9 Å². The van der Waals surface area contributed by atoms with E-state index in [1.165, 1.54) is 0 Å². The molecule has 20 heavy (non-hydrogen) atoms. The molecule has 2 aromatic rings. The Labute approximate surface area is 115 Å². The molecule has 2 atom stereocenters.